The number of ether oxygens (including phenoxy) is 2. The lowest BCUT2D eigenvalue weighted by molar-refractivity contribution is -0.870. The summed E-state index contributed by atoms with van der Waals surface area (Å²) in [6, 6.07) is 0. The smallest absolute Gasteiger partial charge is 0.306 e. The van der Waals surface area contributed by atoms with Crippen LogP contribution in [0.15, 0.2) is 85.1 Å². The van der Waals surface area contributed by atoms with Crippen molar-refractivity contribution in [3.63, 3.8) is 0 Å². The zero-order chi connectivity index (χ0) is 42.1. The van der Waals surface area contributed by atoms with E-state index in [1.54, 1.807) is 0 Å². The minimum atomic E-state index is -4.64. The van der Waals surface area contributed by atoms with Crippen molar-refractivity contribution in [2.24, 2.45) is 0 Å². The van der Waals surface area contributed by atoms with E-state index in [-0.39, 0.29) is 26.1 Å². The Balaban J connectivity index is 4.38. The molecule has 0 aliphatic carbocycles. The second-order valence-corrected chi connectivity index (χ2v) is 16.8. The number of nitrogens with zero attached hydrogens (tertiary/aromatic N) is 1. The second kappa shape index (κ2) is 38.7. The van der Waals surface area contributed by atoms with Crippen LogP contribution in [0.2, 0.25) is 0 Å². The van der Waals surface area contributed by atoms with Gasteiger partial charge in [-0.1, -0.05) is 150 Å². The van der Waals surface area contributed by atoms with E-state index in [4.69, 9.17) is 18.5 Å². The van der Waals surface area contributed by atoms with Crippen molar-refractivity contribution >= 4 is 19.8 Å². The van der Waals surface area contributed by atoms with Crippen molar-refractivity contribution in [3.8, 4) is 0 Å². The van der Waals surface area contributed by atoms with E-state index in [1.165, 1.54) is 19.3 Å². The highest BCUT2D eigenvalue weighted by molar-refractivity contribution is 7.45. The van der Waals surface area contributed by atoms with Crippen LogP contribution in [0.1, 0.15) is 149 Å². The van der Waals surface area contributed by atoms with Gasteiger partial charge in [-0.15, -0.1) is 0 Å². The number of esters is 2. The molecular formula is C47H80NO8P. The molecule has 2 unspecified atom stereocenters. The Bertz CT molecular complexity index is 1240. The van der Waals surface area contributed by atoms with Crippen LogP contribution in [-0.2, 0) is 32.7 Å². The maximum absolute atomic E-state index is 12.6. The van der Waals surface area contributed by atoms with E-state index in [0.29, 0.717) is 23.9 Å². The maximum atomic E-state index is 12.6. The highest BCUT2D eigenvalue weighted by atomic mass is 31.2. The lowest BCUT2D eigenvalue weighted by Gasteiger charge is -2.28. The Kier molecular flexibility index (Phi) is 36.8. The van der Waals surface area contributed by atoms with Gasteiger partial charge >= 0.3 is 11.9 Å². The van der Waals surface area contributed by atoms with Crippen LogP contribution < -0.4 is 4.89 Å². The molecule has 0 rings (SSSR count). The molecule has 0 amide bonds. The third-order valence-electron chi connectivity index (χ3n) is 8.72. The first-order valence-electron chi connectivity index (χ1n) is 21.8. The van der Waals surface area contributed by atoms with Gasteiger partial charge in [0.05, 0.1) is 27.7 Å². The molecule has 9 nitrogen and oxygen atoms in total. The number of phosphoric acid groups is 1. The number of unbranched alkanes of at least 4 members (excludes halogenated alkanes) is 12. The van der Waals surface area contributed by atoms with Crippen LogP contribution in [0.25, 0.3) is 0 Å². The highest BCUT2D eigenvalue weighted by Gasteiger charge is 2.21. The quantitative estimate of drug-likeness (QED) is 0.0151. The Morgan fingerprint density at radius 3 is 1.60 bits per heavy atom. The fourth-order valence-electron chi connectivity index (χ4n) is 5.35. The van der Waals surface area contributed by atoms with Crippen LogP contribution in [0.3, 0.4) is 0 Å². The Labute approximate surface area is 348 Å². The van der Waals surface area contributed by atoms with Crippen LogP contribution >= 0.6 is 7.82 Å². The van der Waals surface area contributed by atoms with Gasteiger partial charge in [0, 0.05) is 12.8 Å². The average molecular weight is 818 g/mol. The molecule has 0 heterocycles. The van der Waals surface area contributed by atoms with Crippen molar-refractivity contribution in [1.82, 2.24) is 0 Å². The first-order valence-corrected chi connectivity index (χ1v) is 23.3. The van der Waals surface area contributed by atoms with E-state index >= 15 is 0 Å². The molecule has 0 aliphatic rings. The summed E-state index contributed by atoms with van der Waals surface area (Å²) < 4.78 is 33.8. The van der Waals surface area contributed by atoms with Gasteiger partial charge in [-0.3, -0.25) is 14.2 Å². The van der Waals surface area contributed by atoms with Crippen molar-refractivity contribution < 1.29 is 42.1 Å². The number of hydrogen-bond donors (Lipinski definition) is 0. The molecule has 0 aromatic heterocycles. The van der Waals surface area contributed by atoms with E-state index in [2.05, 4.69) is 80.7 Å². The highest BCUT2D eigenvalue weighted by Crippen LogP contribution is 2.38. The lowest BCUT2D eigenvalue weighted by Crippen LogP contribution is -2.37. The molecular weight excluding hydrogens is 737 g/mol. The van der Waals surface area contributed by atoms with E-state index in [9.17, 15) is 19.0 Å². The van der Waals surface area contributed by atoms with Gasteiger partial charge in [0.25, 0.3) is 7.82 Å². The van der Waals surface area contributed by atoms with Gasteiger partial charge in [0.2, 0.25) is 0 Å². The number of quaternary nitrogens is 1. The number of allylic oxidation sites excluding steroid dienone is 14. The molecule has 10 heteroatoms. The summed E-state index contributed by atoms with van der Waals surface area (Å²) in [5, 5.41) is 0. The van der Waals surface area contributed by atoms with Crippen molar-refractivity contribution in [3.05, 3.63) is 85.1 Å². The molecule has 0 saturated heterocycles. The summed E-state index contributed by atoms with van der Waals surface area (Å²) in [6.07, 6.45) is 49.0. The normalized spacial score (nSPS) is 14.4. The molecule has 0 spiro atoms. The molecule has 2 atom stereocenters. The van der Waals surface area contributed by atoms with E-state index in [1.807, 2.05) is 39.4 Å². The Hall–Kier alpha value is -2.81. The van der Waals surface area contributed by atoms with Crippen molar-refractivity contribution in [2.45, 2.75) is 155 Å². The van der Waals surface area contributed by atoms with Gasteiger partial charge in [0.15, 0.2) is 6.10 Å². The minimum Gasteiger partial charge on any atom is -0.756 e. The van der Waals surface area contributed by atoms with Gasteiger partial charge in [-0.25, -0.2) is 0 Å². The summed E-state index contributed by atoms with van der Waals surface area (Å²) in [5.74, 6) is -0.880. The number of hydrogen-bond acceptors (Lipinski definition) is 8. The largest absolute Gasteiger partial charge is 0.756 e. The third-order valence-corrected chi connectivity index (χ3v) is 9.69. The first kappa shape index (κ1) is 54.2. The molecule has 0 aliphatic heterocycles. The van der Waals surface area contributed by atoms with Gasteiger partial charge < -0.3 is 27.9 Å². The molecule has 0 aromatic rings. The Morgan fingerprint density at radius 1 is 0.561 bits per heavy atom. The molecule has 0 aromatic carbocycles. The monoisotopic (exact) mass is 818 g/mol. The molecule has 326 valence electrons. The summed E-state index contributed by atoms with van der Waals surface area (Å²) in [4.78, 5) is 37.5. The molecule has 0 radical (unpaired) electrons. The van der Waals surface area contributed by atoms with E-state index < -0.39 is 32.5 Å². The van der Waals surface area contributed by atoms with Crippen LogP contribution in [0.4, 0.5) is 0 Å². The number of carbonyl (C=O) groups excluding carboxylic acids is 2. The minimum absolute atomic E-state index is 0.0419. The molecule has 0 saturated carbocycles. The zero-order valence-corrected chi connectivity index (χ0v) is 37.4. The van der Waals surface area contributed by atoms with Crippen LogP contribution in [0.5, 0.6) is 0 Å². The van der Waals surface area contributed by atoms with E-state index in [0.717, 1.165) is 89.9 Å². The molecule has 0 N–H and O–H groups in total. The fraction of sp³-hybridized carbons (Fsp3) is 0.660. The third kappa shape index (κ3) is 42.6. The molecule has 0 fully saturated rings. The number of carbonyl (C=O) groups is 2. The SMILES string of the molecule is CC/C=C/C=C/C=C/CCCCCCCC(=O)OC(COC(=O)CCCCCCCCC/C=C/C/C=C/C/C=C/C/C=C/CC)COP(=O)([O-])OCC[N+](C)(C)C. The number of phosphoric ester groups is 1. The standard InChI is InChI=1S/C47H80NO8P/c1-6-8-10-12-14-16-18-20-21-22-23-24-25-26-28-29-31-33-35-37-39-46(49)53-43-45(44-55-57(51,52)54-42-41-48(3,4)5)56-47(50)40-38-36-34-32-30-27-19-17-15-13-11-9-7-2/h8-11,13-17,19-21,23-24,45H,6-7,12,18,22,25-44H2,1-5H3/b10-8+,11-9+,15-13+,16-14+,19-17+,21-20+,24-23+. The van der Waals surface area contributed by atoms with Crippen molar-refractivity contribution in [2.75, 3.05) is 47.5 Å². The van der Waals surface area contributed by atoms with Gasteiger partial charge in [-0.2, -0.15) is 0 Å². The average Bonchev–Trinajstić information content (AvgIpc) is 3.16. The first-order chi connectivity index (χ1) is 27.5. The maximum Gasteiger partial charge on any atom is 0.306 e. The van der Waals surface area contributed by atoms with Crippen LogP contribution in [0, 0.1) is 0 Å². The lowest BCUT2D eigenvalue weighted by atomic mass is 10.1. The number of likely N-dealkylation sites (N-methyl/N-ethyl adjacent to an activating group) is 1. The Morgan fingerprint density at radius 2 is 1.04 bits per heavy atom. The summed E-state index contributed by atoms with van der Waals surface area (Å²) in [5.41, 5.74) is 0. The topological polar surface area (TPSA) is 111 Å². The zero-order valence-electron chi connectivity index (χ0n) is 36.5. The van der Waals surface area contributed by atoms with Crippen LogP contribution in [-0.4, -0.2) is 70.0 Å². The molecule has 0 bridgehead atoms. The summed E-state index contributed by atoms with van der Waals surface area (Å²) >= 11 is 0. The molecule has 57 heavy (non-hydrogen) atoms. The predicted molar refractivity (Wildman–Crippen MR) is 236 cm³/mol. The summed E-state index contributed by atoms with van der Waals surface area (Å²) in [6.45, 7) is 3.92. The van der Waals surface area contributed by atoms with Gasteiger partial charge in [-0.05, 0) is 70.6 Å². The number of rotatable bonds is 38. The predicted octanol–water partition coefficient (Wildman–Crippen LogP) is 11.8. The van der Waals surface area contributed by atoms with Gasteiger partial charge in [0.1, 0.15) is 19.8 Å². The fourth-order valence-corrected chi connectivity index (χ4v) is 6.08. The summed E-state index contributed by atoms with van der Waals surface area (Å²) in [7, 11) is 1.13. The second-order valence-electron chi connectivity index (χ2n) is 15.4. The van der Waals surface area contributed by atoms with Crippen molar-refractivity contribution in [1.29, 1.82) is 0 Å².